The number of carbonyl (C=O) groups is 2. The Balaban J connectivity index is 1.66. The molecule has 0 unspecified atom stereocenters. The van der Waals surface area contributed by atoms with Gasteiger partial charge in [0.05, 0.1) is 18.2 Å². The lowest BCUT2D eigenvalue weighted by molar-refractivity contribution is 0.0659. The largest absolute Gasteiger partial charge is 0.490 e. The van der Waals surface area contributed by atoms with E-state index in [0.717, 1.165) is 19.3 Å². The van der Waals surface area contributed by atoms with Crippen molar-refractivity contribution >= 4 is 11.9 Å². The van der Waals surface area contributed by atoms with Crippen LogP contribution in [0, 0.1) is 6.92 Å². The second-order valence-corrected chi connectivity index (χ2v) is 5.88. The highest BCUT2D eigenvalue weighted by atomic mass is 16.5. The number of carbonyl (C=O) groups excluding carboxylic acids is 1. The van der Waals surface area contributed by atoms with Crippen molar-refractivity contribution in [2.24, 2.45) is 0 Å². The predicted octanol–water partition coefficient (Wildman–Crippen LogP) is 3.15. The predicted molar refractivity (Wildman–Crippen MR) is 86.3 cm³/mol. The molecule has 1 aromatic carbocycles. The number of para-hydroxylation sites is 1. The van der Waals surface area contributed by atoms with E-state index in [1.165, 1.54) is 0 Å². The van der Waals surface area contributed by atoms with Crippen molar-refractivity contribution in [2.45, 2.75) is 38.8 Å². The van der Waals surface area contributed by atoms with Gasteiger partial charge in [0.25, 0.3) is 5.91 Å². The van der Waals surface area contributed by atoms with Crippen LogP contribution in [-0.2, 0) is 6.54 Å². The molecule has 1 fully saturated rings. The smallest absolute Gasteiger partial charge is 0.372 e. The highest BCUT2D eigenvalue weighted by Gasteiger charge is 2.22. The zero-order chi connectivity index (χ0) is 17.1. The van der Waals surface area contributed by atoms with E-state index < -0.39 is 5.97 Å². The third-order valence-electron chi connectivity index (χ3n) is 4.06. The normalized spacial score (nSPS) is 14.0. The average molecular weight is 329 g/mol. The third kappa shape index (κ3) is 3.42. The molecule has 0 saturated heterocycles. The Morgan fingerprint density at radius 3 is 2.71 bits per heavy atom. The monoisotopic (exact) mass is 329 g/mol. The van der Waals surface area contributed by atoms with Crippen molar-refractivity contribution in [2.75, 3.05) is 0 Å². The van der Waals surface area contributed by atoms with Crippen LogP contribution >= 0.6 is 0 Å². The maximum absolute atomic E-state index is 12.4. The quantitative estimate of drug-likeness (QED) is 0.850. The summed E-state index contributed by atoms with van der Waals surface area (Å²) in [5.41, 5.74) is 0.992. The van der Waals surface area contributed by atoms with E-state index >= 15 is 0 Å². The molecule has 6 nitrogen and oxygen atoms in total. The molecular weight excluding hydrogens is 310 g/mol. The summed E-state index contributed by atoms with van der Waals surface area (Å²) in [5.74, 6) is -0.537. The summed E-state index contributed by atoms with van der Waals surface area (Å²) < 4.78 is 11.1. The van der Waals surface area contributed by atoms with Crippen LogP contribution in [0.5, 0.6) is 5.75 Å². The topological polar surface area (TPSA) is 88.8 Å². The molecule has 0 bridgehead atoms. The number of carboxylic acids is 1. The van der Waals surface area contributed by atoms with E-state index in [1.54, 1.807) is 31.2 Å². The van der Waals surface area contributed by atoms with Gasteiger partial charge in [0.1, 0.15) is 11.5 Å². The van der Waals surface area contributed by atoms with Crippen LogP contribution in [0.1, 0.15) is 51.5 Å². The number of carboxylic acid groups (broad SMARTS) is 1. The maximum Gasteiger partial charge on any atom is 0.372 e. The minimum absolute atomic E-state index is 0.104. The van der Waals surface area contributed by atoms with Gasteiger partial charge in [-0.2, -0.15) is 0 Å². The number of nitrogens with one attached hydrogen (secondary N) is 1. The van der Waals surface area contributed by atoms with Gasteiger partial charge in [-0.3, -0.25) is 4.79 Å². The fourth-order valence-corrected chi connectivity index (χ4v) is 2.54. The average Bonchev–Trinajstić information content (AvgIpc) is 2.90. The molecule has 0 radical (unpaired) electrons. The van der Waals surface area contributed by atoms with Crippen molar-refractivity contribution in [3.8, 4) is 5.75 Å². The molecule has 0 spiro atoms. The Hall–Kier alpha value is -2.76. The van der Waals surface area contributed by atoms with E-state index in [0.29, 0.717) is 22.6 Å². The molecule has 0 atom stereocenters. The second kappa shape index (κ2) is 6.78. The molecule has 0 aliphatic heterocycles. The molecule has 2 N–H and O–H groups in total. The van der Waals surface area contributed by atoms with Crippen LogP contribution < -0.4 is 10.1 Å². The fourth-order valence-electron chi connectivity index (χ4n) is 2.54. The number of hydrogen-bond acceptors (Lipinski definition) is 4. The van der Waals surface area contributed by atoms with Gasteiger partial charge < -0.3 is 19.6 Å². The summed E-state index contributed by atoms with van der Waals surface area (Å²) >= 11 is 0. The van der Waals surface area contributed by atoms with E-state index in [4.69, 9.17) is 14.3 Å². The van der Waals surface area contributed by atoms with E-state index in [-0.39, 0.29) is 24.3 Å². The van der Waals surface area contributed by atoms with Gasteiger partial charge in [0, 0.05) is 5.56 Å². The van der Waals surface area contributed by atoms with Crippen molar-refractivity contribution in [1.82, 2.24) is 5.32 Å². The molecule has 1 amide bonds. The van der Waals surface area contributed by atoms with Gasteiger partial charge in [-0.15, -0.1) is 0 Å². The molecule has 2 aromatic rings. The summed E-state index contributed by atoms with van der Waals surface area (Å²) in [6, 6.07) is 8.72. The third-order valence-corrected chi connectivity index (χ3v) is 4.06. The Bertz CT molecular complexity index is 761. The first-order valence-electron chi connectivity index (χ1n) is 7.91. The van der Waals surface area contributed by atoms with Crippen LogP contribution in [0.3, 0.4) is 0 Å². The molecule has 1 aliphatic carbocycles. The molecule has 1 aliphatic rings. The Morgan fingerprint density at radius 2 is 2.08 bits per heavy atom. The van der Waals surface area contributed by atoms with Crippen LogP contribution in [0.25, 0.3) is 0 Å². The summed E-state index contributed by atoms with van der Waals surface area (Å²) in [7, 11) is 0. The first kappa shape index (κ1) is 16.1. The Kier molecular flexibility index (Phi) is 4.55. The Labute approximate surface area is 139 Å². The number of hydrogen-bond donors (Lipinski definition) is 2. The first-order valence-corrected chi connectivity index (χ1v) is 7.91. The van der Waals surface area contributed by atoms with Crippen LogP contribution in [0.15, 0.2) is 34.7 Å². The molecular formula is C18H19NO5. The molecule has 24 heavy (non-hydrogen) atoms. The number of ether oxygens (including phenoxy) is 1. The molecule has 6 heteroatoms. The lowest BCUT2D eigenvalue weighted by Gasteiger charge is -2.27. The van der Waals surface area contributed by atoms with Gasteiger partial charge in [0.15, 0.2) is 0 Å². The minimum atomic E-state index is -1.12. The number of amides is 1. The first-order chi connectivity index (χ1) is 11.5. The molecule has 126 valence electrons. The highest BCUT2D eigenvalue weighted by Crippen LogP contribution is 2.27. The zero-order valence-electron chi connectivity index (χ0n) is 13.4. The standard InChI is InChI=1S/C18H19NO5/c1-11-9-13(24-16(11)18(21)22)10-19-17(20)14-7-2-3-8-15(14)23-12-5-4-6-12/h2-3,7-9,12H,4-6,10H2,1H3,(H,19,20)(H,21,22). The van der Waals surface area contributed by atoms with Gasteiger partial charge in [-0.05, 0) is 44.4 Å². The fraction of sp³-hybridized carbons (Fsp3) is 0.333. The molecule has 3 rings (SSSR count). The maximum atomic E-state index is 12.4. The Morgan fingerprint density at radius 1 is 1.33 bits per heavy atom. The number of aromatic carboxylic acids is 1. The number of rotatable bonds is 6. The van der Waals surface area contributed by atoms with Crippen molar-refractivity contribution < 1.29 is 23.8 Å². The van der Waals surface area contributed by atoms with Gasteiger partial charge in [-0.25, -0.2) is 4.79 Å². The van der Waals surface area contributed by atoms with E-state index in [1.807, 2.05) is 6.07 Å². The van der Waals surface area contributed by atoms with Crippen molar-refractivity contribution in [3.63, 3.8) is 0 Å². The summed E-state index contributed by atoms with van der Waals surface area (Å²) in [6.45, 7) is 1.77. The van der Waals surface area contributed by atoms with Gasteiger partial charge in [0.2, 0.25) is 5.76 Å². The van der Waals surface area contributed by atoms with Gasteiger partial charge >= 0.3 is 5.97 Å². The SMILES string of the molecule is Cc1cc(CNC(=O)c2ccccc2OC2CCC2)oc1C(=O)O. The minimum Gasteiger partial charge on any atom is -0.490 e. The molecule has 1 aromatic heterocycles. The summed E-state index contributed by atoms with van der Waals surface area (Å²) in [6.07, 6.45) is 3.37. The molecule has 1 heterocycles. The van der Waals surface area contributed by atoms with Crippen molar-refractivity contribution in [3.05, 3.63) is 53.0 Å². The van der Waals surface area contributed by atoms with Gasteiger partial charge in [-0.1, -0.05) is 12.1 Å². The zero-order valence-corrected chi connectivity index (χ0v) is 13.4. The van der Waals surface area contributed by atoms with Crippen LogP contribution in [-0.4, -0.2) is 23.1 Å². The lowest BCUT2D eigenvalue weighted by Crippen LogP contribution is -2.27. The number of aryl methyl sites for hydroxylation is 1. The lowest BCUT2D eigenvalue weighted by atomic mass is 9.96. The van der Waals surface area contributed by atoms with E-state index in [9.17, 15) is 9.59 Å². The number of benzene rings is 1. The van der Waals surface area contributed by atoms with Crippen LogP contribution in [0.2, 0.25) is 0 Å². The van der Waals surface area contributed by atoms with Crippen LogP contribution in [0.4, 0.5) is 0 Å². The highest BCUT2D eigenvalue weighted by molar-refractivity contribution is 5.96. The van der Waals surface area contributed by atoms with E-state index in [2.05, 4.69) is 5.32 Å². The molecule has 1 saturated carbocycles. The summed E-state index contributed by atoms with van der Waals surface area (Å²) in [5, 5.41) is 11.7. The van der Waals surface area contributed by atoms with Crippen molar-refractivity contribution in [1.29, 1.82) is 0 Å². The summed E-state index contributed by atoms with van der Waals surface area (Å²) in [4.78, 5) is 23.4. The second-order valence-electron chi connectivity index (χ2n) is 5.88. The number of furan rings is 1.